The van der Waals surface area contributed by atoms with E-state index in [2.05, 4.69) is 32.3 Å². The van der Waals surface area contributed by atoms with Gasteiger partial charge in [0, 0.05) is 12.1 Å². The van der Waals surface area contributed by atoms with Crippen LogP contribution < -0.4 is 0 Å². The van der Waals surface area contributed by atoms with Crippen LogP contribution in [-0.2, 0) is 9.53 Å². The minimum Gasteiger partial charge on any atom is -0.461 e. The molecule has 0 aliphatic heterocycles. The Morgan fingerprint density at radius 1 is 1.38 bits per heavy atom. The number of carbonyl (C=O) groups excluding carboxylic acids is 1. The van der Waals surface area contributed by atoms with Gasteiger partial charge in [-0.05, 0) is 19.5 Å². The Balaban J connectivity index is 4.17. The number of hydrogen-bond donors (Lipinski definition) is 0. The average Bonchev–Trinajstić information content (AvgIpc) is 2.32. The van der Waals surface area contributed by atoms with Crippen LogP contribution in [0.3, 0.4) is 0 Å². The highest BCUT2D eigenvalue weighted by Crippen LogP contribution is 2.09. The molecule has 0 aromatic heterocycles. The lowest BCUT2D eigenvalue weighted by Crippen LogP contribution is -2.38. The molecule has 0 aromatic rings. The summed E-state index contributed by atoms with van der Waals surface area (Å²) in [6.45, 7) is 12.3. The molecule has 0 amide bonds. The second-order valence-electron chi connectivity index (χ2n) is 3.85. The topological polar surface area (TPSA) is 29.5 Å². The van der Waals surface area contributed by atoms with Crippen LogP contribution in [0, 0.1) is 0 Å². The third-order valence-electron chi connectivity index (χ3n) is 2.80. The zero-order valence-electron chi connectivity index (χ0n) is 10.9. The van der Waals surface area contributed by atoms with Crippen molar-refractivity contribution in [3.63, 3.8) is 0 Å². The van der Waals surface area contributed by atoms with Gasteiger partial charge in [-0.3, -0.25) is 4.90 Å². The van der Waals surface area contributed by atoms with Crippen LogP contribution in [0.4, 0.5) is 0 Å². The summed E-state index contributed by atoms with van der Waals surface area (Å²) in [7, 11) is 0. The van der Waals surface area contributed by atoms with Gasteiger partial charge in [0.05, 0.1) is 0 Å². The fourth-order valence-electron chi connectivity index (χ4n) is 1.79. The molecule has 0 N–H and O–H groups in total. The Bertz CT molecular complexity index is 200. The highest BCUT2D eigenvalue weighted by molar-refractivity contribution is 5.81. The molecular weight excluding hydrogens is 202 g/mol. The van der Waals surface area contributed by atoms with Crippen LogP contribution in [0.2, 0.25) is 0 Å². The minimum absolute atomic E-state index is 0.325. The van der Waals surface area contributed by atoms with Crippen molar-refractivity contribution in [1.29, 1.82) is 0 Å². The zero-order valence-corrected chi connectivity index (χ0v) is 10.9. The normalized spacial score (nSPS) is 12.5. The first kappa shape index (κ1) is 15.2. The Morgan fingerprint density at radius 3 is 2.44 bits per heavy atom. The fourth-order valence-corrected chi connectivity index (χ4v) is 1.79. The molecule has 0 saturated carbocycles. The van der Waals surface area contributed by atoms with Crippen LogP contribution in [0.1, 0.15) is 40.0 Å². The molecule has 1 atom stereocenters. The summed E-state index contributed by atoms with van der Waals surface area (Å²) < 4.78 is 5.14. The van der Waals surface area contributed by atoms with E-state index in [9.17, 15) is 4.79 Å². The molecule has 0 aliphatic rings. The van der Waals surface area contributed by atoms with Crippen molar-refractivity contribution in [2.75, 3.05) is 19.7 Å². The highest BCUT2D eigenvalue weighted by atomic mass is 16.5. The molecule has 0 bridgehead atoms. The van der Waals surface area contributed by atoms with Crippen LogP contribution in [-0.4, -0.2) is 36.6 Å². The summed E-state index contributed by atoms with van der Waals surface area (Å²) in [5.74, 6) is -0.325. The van der Waals surface area contributed by atoms with Crippen molar-refractivity contribution >= 4 is 5.97 Å². The average molecular weight is 227 g/mol. The van der Waals surface area contributed by atoms with E-state index in [4.69, 9.17) is 4.74 Å². The van der Waals surface area contributed by atoms with E-state index in [1.165, 1.54) is 18.9 Å². The van der Waals surface area contributed by atoms with E-state index in [1.54, 1.807) is 0 Å². The molecule has 0 heterocycles. The predicted molar refractivity (Wildman–Crippen MR) is 67.4 cm³/mol. The molecule has 0 rings (SSSR count). The first-order valence-electron chi connectivity index (χ1n) is 6.22. The van der Waals surface area contributed by atoms with Gasteiger partial charge in [0.25, 0.3) is 0 Å². The Morgan fingerprint density at radius 2 is 2.00 bits per heavy atom. The molecule has 0 saturated heterocycles. The van der Waals surface area contributed by atoms with Crippen LogP contribution >= 0.6 is 0 Å². The molecule has 0 aromatic carbocycles. The Labute approximate surface area is 99.5 Å². The van der Waals surface area contributed by atoms with E-state index in [0.717, 1.165) is 19.5 Å². The van der Waals surface area contributed by atoms with E-state index >= 15 is 0 Å². The van der Waals surface area contributed by atoms with E-state index < -0.39 is 0 Å². The lowest BCUT2D eigenvalue weighted by Gasteiger charge is -2.29. The standard InChI is InChI=1S/C13H25NO2/c1-5-9-10-12(14(7-3)8-4)11-16-13(15)6-2/h6,12H,2,5,7-11H2,1,3-4H3. The number of carbonyl (C=O) groups is 1. The maximum absolute atomic E-state index is 11.0. The van der Waals surface area contributed by atoms with Crippen LogP contribution in [0.25, 0.3) is 0 Å². The van der Waals surface area contributed by atoms with Crippen LogP contribution in [0.15, 0.2) is 12.7 Å². The predicted octanol–water partition coefficient (Wildman–Crippen LogP) is 2.62. The van der Waals surface area contributed by atoms with Crippen molar-refractivity contribution in [3.8, 4) is 0 Å². The number of unbranched alkanes of at least 4 members (excludes halogenated alkanes) is 1. The lowest BCUT2D eigenvalue weighted by molar-refractivity contribution is -0.139. The van der Waals surface area contributed by atoms with Gasteiger partial charge in [0.1, 0.15) is 6.61 Å². The summed E-state index contributed by atoms with van der Waals surface area (Å²) in [6.07, 6.45) is 4.65. The van der Waals surface area contributed by atoms with Crippen molar-refractivity contribution in [2.45, 2.75) is 46.1 Å². The molecular formula is C13H25NO2. The van der Waals surface area contributed by atoms with E-state index in [-0.39, 0.29) is 5.97 Å². The smallest absolute Gasteiger partial charge is 0.330 e. The third kappa shape index (κ3) is 5.91. The largest absolute Gasteiger partial charge is 0.461 e. The van der Waals surface area contributed by atoms with Crippen molar-refractivity contribution in [2.24, 2.45) is 0 Å². The number of nitrogens with zero attached hydrogens (tertiary/aromatic N) is 1. The number of hydrogen-bond acceptors (Lipinski definition) is 3. The van der Waals surface area contributed by atoms with Gasteiger partial charge in [-0.2, -0.15) is 0 Å². The zero-order chi connectivity index (χ0) is 12.4. The Kier molecular flexibility index (Phi) is 8.91. The molecule has 0 radical (unpaired) electrons. The fraction of sp³-hybridized carbons (Fsp3) is 0.769. The summed E-state index contributed by atoms with van der Waals surface area (Å²) >= 11 is 0. The lowest BCUT2D eigenvalue weighted by atomic mass is 10.1. The van der Waals surface area contributed by atoms with Gasteiger partial charge in [-0.1, -0.05) is 40.2 Å². The van der Waals surface area contributed by atoms with Crippen molar-refractivity contribution in [1.82, 2.24) is 4.90 Å². The summed E-state index contributed by atoms with van der Waals surface area (Å²) in [5, 5.41) is 0. The third-order valence-corrected chi connectivity index (χ3v) is 2.80. The molecule has 3 nitrogen and oxygen atoms in total. The number of ether oxygens (including phenoxy) is 1. The summed E-state index contributed by atoms with van der Waals surface area (Å²) in [6, 6.07) is 0.346. The molecule has 1 unspecified atom stereocenters. The quantitative estimate of drug-likeness (QED) is 0.448. The number of esters is 1. The van der Waals surface area contributed by atoms with Gasteiger partial charge in [0.2, 0.25) is 0 Å². The maximum atomic E-state index is 11.0. The first-order valence-corrected chi connectivity index (χ1v) is 6.22. The van der Waals surface area contributed by atoms with Gasteiger partial charge >= 0.3 is 5.97 Å². The van der Waals surface area contributed by atoms with E-state index in [1.807, 2.05) is 0 Å². The first-order chi connectivity index (χ1) is 7.69. The Hall–Kier alpha value is -0.830. The van der Waals surface area contributed by atoms with Crippen molar-refractivity contribution in [3.05, 3.63) is 12.7 Å². The SMILES string of the molecule is C=CC(=O)OCC(CCCC)N(CC)CC. The maximum Gasteiger partial charge on any atom is 0.330 e. The van der Waals surface area contributed by atoms with Gasteiger partial charge < -0.3 is 4.74 Å². The number of rotatable bonds is 9. The number of likely N-dealkylation sites (N-methyl/N-ethyl adjacent to an activating group) is 1. The van der Waals surface area contributed by atoms with Crippen molar-refractivity contribution < 1.29 is 9.53 Å². The monoisotopic (exact) mass is 227 g/mol. The molecule has 94 valence electrons. The molecule has 0 spiro atoms. The highest BCUT2D eigenvalue weighted by Gasteiger charge is 2.16. The van der Waals surface area contributed by atoms with Gasteiger partial charge in [-0.25, -0.2) is 4.79 Å². The second-order valence-corrected chi connectivity index (χ2v) is 3.85. The van der Waals surface area contributed by atoms with E-state index in [0.29, 0.717) is 12.6 Å². The van der Waals surface area contributed by atoms with Gasteiger partial charge in [0.15, 0.2) is 0 Å². The van der Waals surface area contributed by atoms with Gasteiger partial charge in [-0.15, -0.1) is 0 Å². The minimum atomic E-state index is -0.325. The molecule has 0 fully saturated rings. The van der Waals surface area contributed by atoms with Crippen LogP contribution in [0.5, 0.6) is 0 Å². The second kappa shape index (κ2) is 9.40. The summed E-state index contributed by atoms with van der Waals surface area (Å²) in [4.78, 5) is 13.4. The molecule has 0 aliphatic carbocycles. The summed E-state index contributed by atoms with van der Waals surface area (Å²) in [5.41, 5.74) is 0. The molecule has 16 heavy (non-hydrogen) atoms. The molecule has 3 heteroatoms.